The van der Waals surface area contributed by atoms with Crippen LogP contribution in [0.3, 0.4) is 0 Å². The van der Waals surface area contributed by atoms with E-state index in [-0.39, 0.29) is 26.2 Å². The summed E-state index contributed by atoms with van der Waals surface area (Å²) in [6, 6.07) is 22.3. The number of hydrogen-bond acceptors (Lipinski definition) is 5. The van der Waals surface area contributed by atoms with Crippen molar-refractivity contribution in [1.29, 1.82) is 0 Å². The number of carbonyl (C=O) groups excluding carboxylic acids is 3. The lowest BCUT2D eigenvalue weighted by atomic mass is 10.1. The van der Waals surface area contributed by atoms with E-state index >= 15 is 0 Å². The van der Waals surface area contributed by atoms with Gasteiger partial charge in [-0.1, -0.05) is 66.7 Å². The topological polar surface area (TPSA) is 107 Å². The van der Waals surface area contributed by atoms with Gasteiger partial charge in [0.25, 0.3) is 11.8 Å². The SMILES string of the molecule is CCN(CC)C(=O)C(OP(=O)(O)CC(=O)N(C=Cc1ccccc1)c1cccc2ccccc12)C(=O)N(CC)CC. The smallest absolute Gasteiger partial charge is 0.338 e. The fraction of sp³-hybridized carbons (Fsp3) is 0.323. The van der Waals surface area contributed by atoms with E-state index in [2.05, 4.69) is 0 Å². The highest BCUT2D eigenvalue weighted by atomic mass is 31.2. The summed E-state index contributed by atoms with van der Waals surface area (Å²) in [7, 11) is -4.78. The molecule has 10 heteroatoms. The van der Waals surface area contributed by atoms with Crippen molar-refractivity contribution >= 4 is 47.9 Å². The second-order valence-corrected chi connectivity index (χ2v) is 11.1. The second kappa shape index (κ2) is 14.7. The van der Waals surface area contributed by atoms with Gasteiger partial charge in [-0.3, -0.25) is 28.4 Å². The van der Waals surface area contributed by atoms with Crippen molar-refractivity contribution in [1.82, 2.24) is 9.80 Å². The number of carbonyl (C=O) groups is 3. The van der Waals surface area contributed by atoms with Crippen LogP contribution in [0.1, 0.15) is 33.3 Å². The Morgan fingerprint density at radius 2 is 1.34 bits per heavy atom. The summed E-state index contributed by atoms with van der Waals surface area (Å²) in [5, 5.41) is 1.65. The van der Waals surface area contributed by atoms with Gasteiger partial charge in [0.2, 0.25) is 12.0 Å². The Bertz CT molecular complexity index is 1390. The largest absolute Gasteiger partial charge is 0.341 e. The molecule has 3 aromatic carbocycles. The highest BCUT2D eigenvalue weighted by Gasteiger charge is 2.40. The van der Waals surface area contributed by atoms with Crippen molar-refractivity contribution in [3.63, 3.8) is 0 Å². The number of nitrogens with zero attached hydrogens (tertiary/aromatic N) is 3. The van der Waals surface area contributed by atoms with Gasteiger partial charge in [-0.2, -0.15) is 0 Å². The summed E-state index contributed by atoms with van der Waals surface area (Å²) in [6.07, 6.45) is 0.478. The van der Waals surface area contributed by atoms with Crippen molar-refractivity contribution in [2.24, 2.45) is 0 Å². The van der Waals surface area contributed by atoms with Crippen LogP contribution < -0.4 is 4.90 Å². The first-order valence-electron chi connectivity index (χ1n) is 13.8. The molecule has 0 bridgehead atoms. The maximum atomic E-state index is 13.7. The summed E-state index contributed by atoms with van der Waals surface area (Å²) in [4.78, 5) is 55.1. The Labute approximate surface area is 241 Å². The fourth-order valence-electron chi connectivity index (χ4n) is 4.49. The minimum atomic E-state index is -4.78. The molecule has 1 N–H and O–H groups in total. The van der Waals surface area contributed by atoms with Gasteiger partial charge in [0.1, 0.15) is 6.16 Å². The summed E-state index contributed by atoms with van der Waals surface area (Å²) >= 11 is 0. The zero-order valence-electron chi connectivity index (χ0n) is 24.0. The van der Waals surface area contributed by atoms with Crippen molar-refractivity contribution in [2.75, 3.05) is 37.2 Å². The van der Waals surface area contributed by atoms with Gasteiger partial charge in [0, 0.05) is 37.8 Å². The van der Waals surface area contributed by atoms with Gasteiger partial charge in [0.15, 0.2) is 0 Å². The molecule has 0 aliphatic rings. The van der Waals surface area contributed by atoms with Gasteiger partial charge in [0.05, 0.1) is 5.69 Å². The normalized spacial score (nSPS) is 12.8. The van der Waals surface area contributed by atoms with E-state index in [1.54, 1.807) is 52.1 Å². The molecular weight excluding hydrogens is 541 g/mol. The Balaban J connectivity index is 1.97. The van der Waals surface area contributed by atoms with Crippen LogP contribution >= 0.6 is 7.60 Å². The molecule has 0 fully saturated rings. The van der Waals surface area contributed by atoms with Crippen molar-refractivity contribution < 1.29 is 28.4 Å². The Kier molecular flexibility index (Phi) is 11.4. The third kappa shape index (κ3) is 8.13. The standard InChI is InChI=1S/C31H38N3O6P/c1-5-32(6-2)30(36)29(31(37)33(7-3)8-4)40-41(38,39)23-28(35)34(22-21-24-15-10-9-11-16-24)27-20-14-18-25-17-12-13-19-26(25)27/h9-22,29H,5-8,23H2,1-4H3,(H,38,39). The molecule has 0 aliphatic carbocycles. The molecule has 0 saturated carbocycles. The van der Waals surface area contributed by atoms with E-state index in [1.807, 2.05) is 60.7 Å². The molecule has 0 radical (unpaired) electrons. The lowest BCUT2D eigenvalue weighted by Gasteiger charge is -2.30. The van der Waals surface area contributed by atoms with E-state index in [9.17, 15) is 23.8 Å². The van der Waals surface area contributed by atoms with Gasteiger partial charge >= 0.3 is 7.60 Å². The van der Waals surface area contributed by atoms with Crippen LogP contribution in [0.2, 0.25) is 0 Å². The molecule has 0 saturated heterocycles. The highest BCUT2D eigenvalue weighted by molar-refractivity contribution is 7.54. The Morgan fingerprint density at radius 3 is 1.93 bits per heavy atom. The van der Waals surface area contributed by atoms with Gasteiger partial charge in [-0.25, -0.2) is 0 Å². The second-order valence-electron chi connectivity index (χ2n) is 9.29. The average molecular weight is 580 g/mol. The highest BCUT2D eigenvalue weighted by Crippen LogP contribution is 2.44. The van der Waals surface area contributed by atoms with E-state index in [0.717, 1.165) is 16.3 Å². The monoisotopic (exact) mass is 579 g/mol. The minimum Gasteiger partial charge on any atom is -0.341 e. The molecule has 3 amide bonds. The molecule has 0 heterocycles. The molecule has 9 nitrogen and oxygen atoms in total. The van der Waals surface area contributed by atoms with E-state index in [4.69, 9.17) is 4.52 Å². The van der Waals surface area contributed by atoms with Gasteiger partial charge < -0.3 is 14.7 Å². The van der Waals surface area contributed by atoms with E-state index < -0.39 is 37.6 Å². The van der Waals surface area contributed by atoms with Crippen LogP contribution in [0.25, 0.3) is 16.8 Å². The van der Waals surface area contributed by atoms with Crippen molar-refractivity contribution in [3.05, 3.63) is 84.6 Å². The van der Waals surface area contributed by atoms with Crippen LogP contribution in [-0.4, -0.2) is 70.9 Å². The lowest BCUT2D eigenvalue weighted by Crippen LogP contribution is -2.50. The third-order valence-electron chi connectivity index (χ3n) is 6.71. The number of rotatable bonds is 13. The predicted molar refractivity (Wildman–Crippen MR) is 162 cm³/mol. The molecular formula is C31H38N3O6P. The first-order chi connectivity index (χ1) is 19.6. The van der Waals surface area contributed by atoms with Gasteiger partial charge in [-0.05, 0) is 50.8 Å². The lowest BCUT2D eigenvalue weighted by molar-refractivity contribution is -0.151. The number of fused-ring (bicyclic) bond motifs is 1. The maximum Gasteiger partial charge on any atom is 0.338 e. The molecule has 0 aliphatic heterocycles. The number of benzene rings is 3. The Morgan fingerprint density at radius 1 is 0.805 bits per heavy atom. The van der Waals surface area contributed by atoms with Crippen LogP contribution in [0.15, 0.2) is 79.0 Å². The maximum absolute atomic E-state index is 13.7. The van der Waals surface area contributed by atoms with Crippen molar-refractivity contribution in [2.45, 2.75) is 33.8 Å². The van der Waals surface area contributed by atoms with Gasteiger partial charge in [-0.15, -0.1) is 0 Å². The number of amides is 3. The number of likely N-dealkylation sites (N-methyl/N-ethyl adjacent to an activating group) is 2. The van der Waals surface area contributed by atoms with E-state index in [1.165, 1.54) is 14.7 Å². The first kappa shape index (κ1) is 31.7. The Hall–Kier alpha value is -3.78. The summed E-state index contributed by atoms with van der Waals surface area (Å²) < 4.78 is 18.8. The fourth-order valence-corrected chi connectivity index (χ4v) is 5.57. The summed E-state index contributed by atoms with van der Waals surface area (Å²) in [5.41, 5.74) is 1.33. The quantitative estimate of drug-likeness (QED) is 0.222. The summed E-state index contributed by atoms with van der Waals surface area (Å²) in [6.45, 7) is 8.10. The zero-order valence-corrected chi connectivity index (χ0v) is 24.9. The molecule has 0 aromatic heterocycles. The molecule has 3 rings (SSSR count). The molecule has 218 valence electrons. The van der Waals surface area contributed by atoms with Crippen LogP contribution in [0, 0.1) is 0 Å². The van der Waals surface area contributed by atoms with Crippen LogP contribution in [-0.2, 0) is 23.5 Å². The van der Waals surface area contributed by atoms with Crippen molar-refractivity contribution in [3.8, 4) is 0 Å². The molecule has 1 atom stereocenters. The zero-order chi connectivity index (χ0) is 30.0. The van der Waals surface area contributed by atoms with Crippen LogP contribution in [0.5, 0.6) is 0 Å². The predicted octanol–water partition coefficient (Wildman–Crippen LogP) is 5.15. The summed E-state index contributed by atoms with van der Waals surface area (Å²) in [5.74, 6) is -2.17. The third-order valence-corrected chi connectivity index (χ3v) is 7.92. The van der Waals surface area contributed by atoms with E-state index in [0.29, 0.717) is 5.69 Å². The molecule has 41 heavy (non-hydrogen) atoms. The molecule has 1 unspecified atom stereocenters. The van der Waals surface area contributed by atoms with Crippen LogP contribution in [0.4, 0.5) is 5.69 Å². The molecule has 3 aromatic rings. The first-order valence-corrected chi connectivity index (χ1v) is 15.5. The molecule has 0 spiro atoms. The average Bonchev–Trinajstić information content (AvgIpc) is 2.97. The number of hydrogen-bond donors (Lipinski definition) is 1. The minimum absolute atomic E-state index is 0.286. The number of anilines is 1.